The molecule has 0 saturated carbocycles. The summed E-state index contributed by atoms with van der Waals surface area (Å²) < 4.78 is 0. The van der Waals surface area contributed by atoms with Gasteiger partial charge in [0.25, 0.3) is 7.05 Å². The van der Waals surface area contributed by atoms with Crippen LogP contribution >= 0.6 is 0 Å². The van der Waals surface area contributed by atoms with Gasteiger partial charge in [0.05, 0.1) is 6.08 Å². The molecule has 0 bridgehead atoms. The largest absolute Gasteiger partial charge is 0.302 e. The summed E-state index contributed by atoms with van der Waals surface area (Å²) in [5.74, 6) is 0. The molecule has 0 radical (unpaired) electrons. The minimum atomic E-state index is 1.69. The van der Waals surface area contributed by atoms with E-state index in [1.54, 1.807) is 13.1 Å². The normalized spacial score (nSPS) is 7.67. The van der Waals surface area contributed by atoms with Crippen molar-refractivity contribution in [3.8, 4) is 6.07 Å². The molecule has 32 valence electrons. The van der Waals surface area contributed by atoms with Gasteiger partial charge in [-0.25, -0.2) is 0 Å². The highest BCUT2D eigenvalue weighted by atomic mass is 14.6. The van der Waals surface area contributed by atoms with Crippen molar-refractivity contribution in [1.29, 1.82) is 0 Å². The molecule has 0 aromatic heterocycles. The molecule has 0 aromatic rings. The summed E-state index contributed by atoms with van der Waals surface area (Å²) in [5.41, 5.74) is 0. The van der Waals surface area contributed by atoms with Crippen LogP contribution in [0.3, 0.4) is 0 Å². The van der Waals surface area contributed by atoms with Crippen LogP contribution in [0.2, 0.25) is 0 Å². The average Bonchev–Trinajstić information content (AvgIpc) is 1.61. The van der Waals surface area contributed by atoms with Gasteiger partial charge in [-0.05, 0) is 6.92 Å². The Morgan fingerprint density at radius 2 is 2.33 bits per heavy atom. The molecule has 0 fully saturated rings. The summed E-state index contributed by atoms with van der Waals surface area (Å²) >= 11 is 0. The molecule has 0 heterocycles. The Balaban J connectivity index is 3.24. The van der Waals surface area contributed by atoms with Gasteiger partial charge in [0.15, 0.2) is 0 Å². The average molecular weight is 82.1 g/mol. The fourth-order valence-corrected chi connectivity index (χ4v) is 0.149. The Labute approximate surface area is 38.1 Å². The molecule has 0 aromatic carbocycles. The van der Waals surface area contributed by atoms with Crippen LogP contribution in [0.4, 0.5) is 0 Å². The molecule has 0 aliphatic heterocycles. The zero-order valence-electron chi connectivity index (χ0n) is 4.10. The van der Waals surface area contributed by atoms with Crippen LogP contribution in [0.25, 0.3) is 4.85 Å². The zero-order valence-corrected chi connectivity index (χ0v) is 4.10. The quantitative estimate of drug-likeness (QED) is 0.390. The molecule has 0 N–H and O–H groups in total. The van der Waals surface area contributed by atoms with Crippen molar-refractivity contribution in [1.82, 2.24) is 0 Å². The first-order chi connectivity index (χ1) is 2.91. The highest BCUT2D eigenvalue weighted by molar-refractivity contribution is 5.06. The minimum Gasteiger partial charge on any atom is -0.0820 e. The number of hydrogen-bond acceptors (Lipinski definition) is 0. The summed E-state index contributed by atoms with van der Waals surface area (Å²) in [6, 6.07) is 2.64. The van der Waals surface area contributed by atoms with E-state index in [-0.39, 0.29) is 0 Å². The van der Waals surface area contributed by atoms with Crippen molar-refractivity contribution in [2.45, 2.75) is 6.92 Å². The molecule has 0 aliphatic rings. The van der Waals surface area contributed by atoms with Crippen molar-refractivity contribution in [3.05, 3.63) is 17.0 Å². The summed E-state index contributed by atoms with van der Waals surface area (Å²) in [5, 5.41) is 0. The summed E-state index contributed by atoms with van der Waals surface area (Å²) in [6.45, 7) is 1.93. The standard InChI is InChI=1S/C5H8N/c1-3-4-5-6-2/h3-4H,1-2H3/q+1. The zero-order chi connectivity index (χ0) is 4.83. The maximum absolute atomic E-state index is 3.59. The number of rotatable bonds is 0. The lowest BCUT2D eigenvalue weighted by Crippen LogP contribution is -1.40. The van der Waals surface area contributed by atoms with Crippen LogP contribution in [0.5, 0.6) is 0 Å². The van der Waals surface area contributed by atoms with Crippen LogP contribution in [0.15, 0.2) is 12.2 Å². The van der Waals surface area contributed by atoms with E-state index < -0.39 is 0 Å². The number of allylic oxidation sites excluding steroid dienone is 2. The van der Waals surface area contributed by atoms with Crippen molar-refractivity contribution in [3.63, 3.8) is 0 Å². The third-order valence-electron chi connectivity index (χ3n) is 0.370. The second-order valence-corrected chi connectivity index (χ2v) is 0.853. The van der Waals surface area contributed by atoms with Gasteiger partial charge >= 0.3 is 6.07 Å². The van der Waals surface area contributed by atoms with Crippen LogP contribution in [0.1, 0.15) is 6.92 Å². The van der Waals surface area contributed by atoms with E-state index in [1.807, 2.05) is 13.0 Å². The fourth-order valence-electron chi connectivity index (χ4n) is 0.149. The van der Waals surface area contributed by atoms with Gasteiger partial charge in [0, 0.05) is 0 Å². The molecule has 0 unspecified atom stereocenters. The molecule has 6 heavy (non-hydrogen) atoms. The Morgan fingerprint density at radius 3 is 2.50 bits per heavy atom. The van der Waals surface area contributed by atoms with Crippen molar-refractivity contribution in [2.75, 3.05) is 7.05 Å². The van der Waals surface area contributed by atoms with E-state index >= 15 is 0 Å². The van der Waals surface area contributed by atoms with E-state index in [2.05, 4.69) is 10.9 Å². The number of hydrogen-bond donors (Lipinski definition) is 0. The highest BCUT2D eigenvalue weighted by Gasteiger charge is 1.60. The van der Waals surface area contributed by atoms with Crippen LogP contribution in [-0.2, 0) is 0 Å². The molecule has 0 aliphatic carbocycles. The summed E-state index contributed by atoms with van der Waals surface area (Å²) in [4.78, 5) is 3.59. The fraction of sp³-hybridized carbons (Fsp3) is 0.400. The monoisotopic (exact) mass is 82.1 g/mol. The second-order valence-electron chi connectivity index (χ2n) is 0.853. The molecule has 0 amide bonds. The first-order valence-electron chi connectivity index (χ1n) is 1.87. The smallest absolute Gasteiger partial charge is 0.0820 e. The van der Waals surface area contributed by atoms with Crippen LogP contribution in [0, 0.1) is 6.07 Å². The van der Waals surface area contributed by atoms with Crippen molar-refractivity contribution >= 4 is 0 Å². The Kier molecular flexibility index (Phi) is 3.69. The van der Waals surface area contributed by atoms with Gasteiger partial charge in [-0.2, -0.15) is 0 Å². The van der Waals surface area contributed by atoms with Gasteiger partial charge < -0.3 is 0 Å². The van der Waals surface area contributed by atoms with Gasteiger partial charge in [-0.1, -0.05) is 10.9 Å². The highest BCUT2D eigenvalue weighted by Crippen LogP contribution is 1.63. The Bertz CT molecular complexity index is 92.2. The van der Waals surface area contributed by atoms with E-state index in [9.17, 15) is 0 Å². The molecular formula is C5H8N+. The van der Waals surface area contributed by atoms with Gasteiger partial charge in [0.2, 0.25) is 0 Å². The summed E-state index contributed by atoms with van der Waals surface area (Å²) in [7, 11) is 1.69. The van der Waals surface area contributed by atoms with E-state index in [0.717, 1.165) is 0 Å². The lowest BCUT2D eigenvalue weighted by atomic mass is 10.6. The molecule has 1 nitrogen and oxygen atoms in total. The predicted molar refractivity (Wildman–Crippen MR) is 28.0 cm³/mol. The van der Waals surface area contributed by atoms with Gasteiger partial charge in [0.1, 0.15) is 0 Å². The van der Waals surface area contributed by atoms with Crippen LogP contribution in [-0.4, -0.2) is 7.05 Å². The molecule has 1 heteroatoms. The third kappa shape index (κ3) is 3.23. The molecule has 0 saturated heterocycles. The van der Waals surface area contributed by atoms with Gasteiger partial charge in [-0.3, -0.25) is 0 Å². The van der Waals surface area contributed by atoms with Gasteiger partial charge in [-0.15, -0.1) is 0 Å². The second kappa shape index (κ2) is 4.23. The molecular weight excluding hydrogens is 74.1 g/mol. The van der Waals surface area contributed by atoms with Crippen molar-refractivity contribution in [2.24, 2.45) is 0 Å². The minimum absolute atomic E-state index is 1.69. The van der Waals surface area contributed by atoms with Crippen LogP contribution < -0.4 is 0 Å². The maximum atomic E-state index is 3.59. The Hall–Kier alpha value is -0.770. The Morgan fingerprint density at radius 1 is 1.67 bits per heavy atom. The SMILES string of the molecule is CC=CC#[N+]C. The number of nitrogens with zero attached hydrogens (tertiary/aromatic N) is 1. The molecule has 0 spiro atoms. The molecule has 0 rings (SSSR count). The lowest BCUT2D eigenvalue weighted by Gasteiger charge is -1.45. The molecule has 0 atom stereocenters. The first kappa shape index (κ1) is 5.23. The summed E-state index contributed by atoms with van der Waals surface area (Å²) in [6.07, 6.45) is 3.65. The first-order valence-corrected chi connectivity index (χ1v) is 1.87. The predicted octanol–water partition coefficient (Wildman–Crippen LogP) is 1.53. The van der Waals surface area contributed by atoms with E-state index in [4.69, 9.17) is 0 Å². The van der Waals surface area contributed by atoms with E-state index in [0.29, 0.717) is 0 Å². The topological polar surface area (TPSA) is 4.36 Å². The third-order valence-corrected chi connectivity index (χ3v) is 0.370. The maximum Gasteiger partial charge on any atom is 0.302 e. The van der Waals surface area contributed by atoms with E-state index in [1.165, 1.54) is 0 Å². The lowest BCUT2D eigenvalue weighted by molar-refractivity contribution is 1.75. The van der Waals surface area contributed by atoms with Crippen molar-refractivity contribution < 1.29 is 0 Å².